The highest BCUT2D eigenvalue weighted by Gasteiger charge is 2.19. The molecule has 6 heteroatoms. The van der Waals surface area contributed by atoms with Crippen molar-refractivity contribution in [2.75, 3.05) is 16.8 Å². The van der Waals surface area contributed by atoms with E-state index >= 15 is 0 Å². The third-order valence-corrected chi connectivity index (χ3v) is 4.56. The Morgan fingerprint density at radius 2 is 1.68 bits per heavy atom. The van der Waals surface area contributed by atoms with Crippen LogP contribution in [-0.4, -0.2) is 29.4 Å². The Labute approximate surface area is 165 Å². The molecule has 2 amide bonds. The molecule has 2 aromatic carbocycles. The van der Waals surface area contributed by atoms with E-state index in [1.165, 1.54) is 29.2 Å². The summed E-state index contributed by atoms with van der Waals surface area (Å²) in [5, 5.41) is 11.7. The first-order chi connectivity index (χ1) is 13.3. The standard InChI is InChI=1S/C22H26N2O4/c1-4-5-6-21(26)24(19-12-7-15(2)16(3)13-19)14-20(25)23-18-10-8-17(9-11-18)22(27)28/h7-13H,4-6,14H2,1-3H3,(H,23,25)(H,27,28). The number of nitrogens with one attached hydrogen (secondary N) is 1. The van der Waals surface area contributed by atoms with E-state index in [1.54, 1.807) is 0 Å². The monoisotopic (exact) mass is 382 g/mol. The maximum absolute atomic E-state index is 12.7. The quantitative estimate of drug-likeness (QED) is 0.718. The number of nitrogens with zero attached hydrogens (tertiary/aromatic N) is 1. The minimum Gasteiger partial charge on any atom is -0.478 e. The molecule has 2 N–H and O–H groups in total. The number of carboxylic acids is 1. The number of carbonyl (C=O) groups is 3. The van der Waals surface area contributed by atoms with E-state index in [9.17, 15) is 14.4 Å². The van der Waals surface area contributed by atoms with Crippen LogP contribution < -0.4 is 10.2 Å². The molecule has 0 heterocycles. The van der Waals surface area contributed by atoms with E-state index in [2.05, 4.69) is 5.32 Å². The fraction of sp³-hybridized carbons (Fsp3) is 0.318. The molecule has 0 saturated carbocycles. The van der Waals surface area contributed by atoms with Crippen molar-refractivity contribution in [3.05, 3.63) is 59.2 Å². The molecule has 0 aromatic heterocycles. The van der Waals surface area contributed by atoms with Gasteiger partial charge < -0.3 is 15.3 Å². The van der Waals surface area contributed by atoms with Crippen molar-refractivity contribution in [1.29, 1.82) is 0 Å². The van der Waals surface area contributed by atoms with Crippen molar-refractivity contribution in [2.45, 2.75) is 40.0 Å². The summed E-state index contributed by atoms with van der Waals surface area (Å²) < 4.78 is 0. The summed E-state index contributed by atoms with van der Waals surface area (Å²) in [4.78, 5) is 37.6. The number of amides is 2. The van der Waals surface area contributed by atoms with Crippen LogP contribution in [0.15, 0.2) is 42.5 Å². The average molecular weight is 382 g/mol. The molecule has 0 spiro atoms. The van der Waals surface area contributed by atoms with Crippen LogP contribution in [-0.2, 0) is 9.59 Å². The Morgan fingerprint density at radius 3 is 2.25 bits per heavy atom. The molecule has 0 fully saturated rings. The van der Waals surface area contributed by atoms with Gasteiger partial charge in [-0.3, -0.25) is 9.59 Å². The van der Waals surface area contributed by atoms with E-state index in [-0.39, 0.29) is 23.9 Å². The zero-order chi connectivity index (χ0) is 20.7. The second-order valence-corrected chi connectivity index (χ2v) is 6.78. The number of unbranched alkanes of at least 4 members (excludes halogenated alkanes) is 1. The minimum atomic E-state index is -1.03. The van der Waals surface area contributed by atoms with Gasteiger partial charge in [0.1, 0.15) is 6.54 Å². The summed E-state index contributed by atoms with van der Waals surface area (Å²) in [6.07, 6.45) is 2.04. The third kappa shape index (κ3) is 5.67. The highest BCUT2D eigenvalue weighted by molar-refractivity contribution is 6.02. The van der Waals surface area contributed by atoms with E-state index in [1.807, 2.05) is 39.0 Å². The summed E-state index contributed by atoms with van der Waals surface area (Å²) in [6, 6.07) is 11.6. The molecular weight excluding hydrogens is 356 g/mol. The van der Waals surface area contributed by atoms with Crippen LogP contribution in [0.3, 0.4) is 0 Å². The Kier molecular flexibility index (Phi) is 7.32. The highest BCUT2D eigenvalue weighted by atomic mass is 16.4. The summed E-state index contributed by atoms with van der Waals surface area (Å²) in [6.45, 7) is 5.88. The molecule has 2 rings (SSSR count). The van der Waals surface area contributed by atoms with Crippen molar-refractivity contribution >= 4 is 29.2 Å². The van der Waals surface area contributed by atoms with Crippen molar-refractivity contribution in [3.63, 3.8) is 0 Å². The van der Waals surface area contributed by atoms with Gasteiger partial charge >= 0.3 is 5.97 Å². The lowest BCUT2D eigenvalue weighted by Crippen LogP contribution is -2.38. The Balaban J connectivity index is 2.16. The number of rotatable bonds is 8. The maximum Gasteiger partial charge on any atom is 0.335 e. The highest BCUT2D eigenvalue weighted by Crippen LogP contribution is 2.20. The number of carboxylic acid groups (broad SMARTS) is 1. The summed E-state index contributed by atoms with van der Waals surface area (Å²) in [5.41, 5.74) is 3.49. The Morgan fingerprint density at radius 1 is 1.00 bits per heavy atom. The number of aromatic carboxylic acids is 1. The van der Waals surface area contributed by atoms with E-state index in [4.69, 9.17) is 5.11 Å². The molecule has 0 bridgehead atoms. The van der Waals surface area contributed by atoms with Gasteiger partial charge in [0.15, 0.2) is 0 Å². The van der Waals surface area contributed by atoms with Gasteiger partial charge in [0.05, 0.1) is 5.56 Å². The number of hydrogen-bond acceptors (Lipinski definition) is 3. The molecular formula is C22H26N2O4. The average Bonchev–Trinajstić information content (AvgIpc) is 2.67. The van der Waals surface area contributed by atoms with Crippen molar-refractivity contribution in [1.82, 2.24) is 0 Å². The first-order valence-electron chi connectivity index (χ1n) is 9.32. The first kappa shape index (κ1) is 21.2. The van der Waals surface area contributed by atoms with Crippen LogP contribution in [0.4, 0.5) is 11.4 Å². The smallest absolute Gasteiger partial charge is 0.335 e. The topological polar surface area (TPSA) is 86.7 Å². The lowest BCUT2D eigenvalue weighted by Gasteiger charge is -2.23. The second kappa shape index (κ2) is 9.69. The second-order valence-electron chi connectivity index (χ2n) is 6.78. The molecule has 0 unspecified atom stereocenters. The van der Waals surface area contributed by atoms with Crippen LogP contribution >= 0.6 is 0 Å². The van der Waals surface area contributed by atoms with Gasteiger partial charge in [-0.25, -0.2) is 4.79 Å². The van der Waals surface area contributed by atoms with Crippen LogP contribution in [0, 0.1) is 13.8 Å². The number of benzene rings is 2. The van der Waals surface area contributed by atoms with Crippen molar-refractivity contribution < 1.29 is 19.5 Å². The molecule has 0 aliphatic heterocycles. The zero-order valence-electron chi connectivity index (χ0n) is 16.5. The molecule has 28 heavy (non-hydrogen) atoms. The van der Waals surface area contributed by atoms with E-state index in [0.29, 0.717) is 17.8 Å². The molecule has 0 atom stereocenters. The van der Waals surface area contributed by atoms with Gasteiger partial charge in [0.2, 0.25) is 11.8 Å². The molecule has 148 valence electrons. The number of hydrogen-bond donors (Lipinski definition) is 2. The van der Waals surface area contributed by atoms with Gasteiger partial charge in [0, 0.05) is 17.8 Å². The molecule has 2 aromatic rings. The van der Waals surface area contributed by atoms with Gasteiger partial charge in [-0.15, -0.1) is 0 Å². The Hall–Kier alpha value is -3.15. The maximum atomic E-state index is 12.7. The summed E-state index contributed by atoms with van der Waals surface area (Å²) in [5.74, 6) is -1.46. The largest absolute Gasteiger partial charge is 0.478 e. The number of anilines is 2. The van der Waals surface area contributed by atoms with Gasteiger partial charge in [-0.1, -0.05) is 19.4 Å². The van der Waals surface area contributed by atoms with Crippen molar-refractivity contribution in [3.8, 4) is 0 Å². The fourth-order valence-electron chi connectivity index (χ4n) is 2.72. The number of aryl methyl sites for hydroxylation is 2. The molecule has 0 aliphatic rings. The predicted molar refractivity (Wildman–Crippen MR) is 110 cm³/mol. The fourth-order valence-corrected chi connectivity index (χ4v) is 2.72. The van der Waals surface area contributed by atoms with Crippen LogP contribution in [0.5, 0.6) is 0 Å². The summed E-state index contributed by atoms with van der Waals surface area (Å²) in [7, 11) is 0. The molecule has 0 radical (unpaired) electrons. The van der Waals surface area contributed by atoms with Crippen LogP contribution in [0.2, 0.25) is 0 Å². The van der Waals surface area contributed by atoms with Crippen LogP contribution in [0.1, 0.15) is 47.7 Å². The van der Waals surface area contributed by atoms with Gasteiger partial charge in [-0.2, -0.15) is 0 Å². The van der Waals surface area contributed by atoms with Gasteiger partial charge in [-0.05, 0) is 67.8 Å². The summed E-state index contributed by atoms with van der Waals surface area (Å²) >= 11 is 0. The SMILES string of the molecule is CCCCC(=O)N(CC(=O)Nc1ccc(C(=O)O)cc1)c1ccc(C)c(C)c1. The zero-order valence-corrected chi connectivity index (χ0v) is 16.5. The predicted octanol–water partition coefficient (Wildman–Crippen LogP) is 4.16. The Bertz CT molecular complexity index is 859. The van der Waals surface area contributed by atoms with Crippen LogP contribution in [0.25, 0.3) is 0 Å². The van der Waals surface area contributed by atoms with E-state index < -0.39 is 5.97 Å². The third-order valence-electron chi connectivity index (χ3n) is 4.56. The number of carbonyl (C=O) groups excluding carboxylic acids is 2. The van der Waals surface area contributed by atoms with E-state index in [0.717, 1.165) is 24.0 Å². The minimum absolute atomic E-state index is 0.0959. The normalized spacial score (nSPS) is 10.4. The lowest BCUT2D eigenvalue weighted by atomic mass is 10.1. The lowest BCUT2D eigenvalue weighted by molar-refractivity contribution is -0.121. The van der Waals surface area contributed by atoms with Gasteiger partial charge in [0.25, 0.3) is 0 Å². The molecule has 0 aliphatic carbocycles. The first-order valence-corrected chi connectivity index (χ1v) is 9.32. The molecule has 6 nitrogen and oxygen atoms in total. The van der Waals surface area contributed by atoms with Crippen molar-refractivity contribution in [2.24, 2.45) is 0 Å². The molecule has 0 saturated heterocycles.